The van der Waals surface area contributed by atoms with Crippen molar-refractivity contribution in [3.63, 3.8) is 0 Å². The van der Waals surface area contributed by atoms with Crippen molar-refractivity contribution in [1.29, 1.82) is 0 Å². The van der Waals surface area contributed by atoms with E-state index in [2.05, 4.69) is 20.9 Å². The molecule has 25 heavy (non-hydrogen) atoms. The van der Waals surface area contributed by atoms with Crippen molar-refractivity contribution in [2.24, 2.45) is 13.0 Å². The smallest absolute Gasteiger partial charge is 0.225 e. The number of aryl methyl sites for hydroxylation is 2. The molecule has 1 unspecified atom stereocenters. The fraction of sp³-hybridized carbons (Fsp3) is 0.579. The maximum atomic E-state index is 12.8. The summed E-state index contributed by atoms with van der Waals surface area (Å²) >= 11 is 0. The molecule has 2 aliphatic rings. The second kappa shape index (κ2) is 6.58. The maximum Gasteiger partial charge on any atom is 0.225 e. The molecule has 1 saturated carbocycles. The number of piperidine rings is 1. The summed E-state index contributed by atoms with van der Waals surface area (Å²) in [5.74, 6) is 2.02. The molecule has 2 fully saturated rings. The standard InChI is InChI=1S/C19H25N5O/c1-13-11-16(14-5-3-6-14)22-19(21-13)24-9-4-7-15(12-24)17(25)18-20-8-10-23(18)2/h8,10-11,14-15H,3-7,9,12H2,1-2H3. The second-order valence-electron chi connectivity index (χ2n) is 7.37. The summed E-state index contributed by atoms with van der Waals surface area (Å²) < 4.78 is 1.80. The molecule has 1 aliphatic heterocycles. The third-order valence-electron chi connectivity index (χ3n) is 5.50. The van der Waals surface area contributed by atoms with Crippen molar-refractivity contribution in [1.82, 2.24) is 19.5 Å². The summed E-state index contributed by atoms with van der Waals surface area (Å²) in [5.41, 5.74) is 2.19. The topological polar surface area (TPSA) is 63.9 Å². The quantitative estimate of drug-likeness (QED) is 0.802. The first-order valence-electron chi connectivity index (χ1n) is 9.24. The van der Waals surface area contributed by atoms with Crippen LogP contribution in [0.25, 0.3) is 0 Å². The van der Waals surface area contributed by atoms with Crippen LogP contribution < -0.4 is 4.90 Å². The first kappa shape index (κ1) is 16.2. The Morgan fingerprint density at radius 2 is 2.04 bits per heavy atom. The van der Waals surface area contributed by atoms with Crippen LogP contribution in [0.5, 0.6) is 0 Å². The summed E-state index contributed by atoms with van der Waals surface area (Å²) in [4.78, 5) is 28.7. The number of anilines is 1. The van der Waals surface area contributed by atoms with E-state index < -0.39 is 0 Å². The van der Waals surface area contributed by atoms with Crippen LogP contribution in [0.15, 0.2) is 18.5 Å². The average molecular weight is 339 g/mol. The molecule has 0 aromatic carbocycles. The number of Topliss-reactive ketones (excluding diaryl/α,β-unsaturated/α-hetero) is 1. The van der Waals surface area contributed by atoms with Gasteiger partial charge in [-0.3, -0.25) is 4.79 Å². The number of imidazole rings is 1. The van der Waals surface area contributed by atoms with Crippen molar-refractivity contribution < 1.29 is 4.79 Å². The molecule has 0 bridgehead atoms. The molecule has 0 spiro atoms. The van der Waals surface area contributed by atoms with Crippen LogP contribution in [0.1, 0.15) is 60.0 Å². The molecule has 2 aromatic heterocycles. The number of nitrogens with zero attached hydrogens (tertiary/aromatic N) is 5. The zero-order valence-electron chi connectivity index (χ0n) is 15.0. The zero-order chi connectivity index (χ0) is 17.4. The normalized spacial score (nSPS) is 21.2. The average Bonchev–Trinajstić information content (AvgIpc) is 2.98. The second-order valence-corrected chi connectivity index (χ2v) is 7.37. The minimum absolute atomic E-state index is 0.0360. The van der Waals surface area contributed by atoms with E-state index in [0.29, 0.717) is 18.3 Å². The molecule has 4 rings (SSSR count). The van der Waals surface area contributed by atoms with E-state index in [1.54, 1.807) is 10.8 Å². The Morgan fingerprint density at radius 1 is 1.20 bits per heavy atom. The van der Waals surface area contributed by atoms with Crippen LogP contribution in [0.3, 0.4) is 0 Å². The first-order chi connectivity index (χ1) is 12.1. The fourth-order valence-corrected chi connectivity index (χ4v) is 3.79. The highest BCUT2D eigenvalue weighted by Crippen LogP contribution is 2.36. The molecule has 3 heterocycles. The van der Waals surface area contributed by atoms with Gasteiger partial charge in [-0.15, -0.1) is 0 Å². The molecule has 1 atom stereocenters. The molecule has 0 N–H and O–H groups in total. The zero-order valence-corrected chi connectivity index (χ0v) is 15.0. The summed E-state index contributed by atoms with van der Waals surface area (Å²) in [5, 5.41) is 0. The summed E-state index contributed by atoms with van der Waals surface area (Å²) in [6.45, 7) is 3.63. The van der Waals surface area contributed by atoms with Crippen molar-refractivity contribution in [3.05, 3.63) is 35.7 Å². The predicted octanol–water partition coefficient (Wildman–Crippen LogP) is 2.89. The van der Waals surface area contributed by atoms with Gasteiger partial charge in [0.25, 0.3) is 0 Å². The van der Waals surface area contributed by atoms with E-state index in [1.807, 2.05) is 20.2 Å². The molecule has 6 heteroatoms. The van der Waals surface area contributed by atoms with Gasteiger partial charge in [-0.05, 0) is 38.7 Å². The lowest BCUT2D eigenvalue weighted by molar-refractivity contribution is 0.0893. The largest absolute Gasteiger partial charge is 0.340 e. The highest BCUT2D eigenvalue weighted by Gasteiger charge is 2.30. The molecule has 1 aliphatic carbocycles. The van der Waals surface area contributed by atoms with Gasteiger partial charge in [-0.2, -0.15) is 0 Å². The Labute approximate surface area is 148 Å². The molecular formula is C19H25N5O. The number of aromatic nitrogens is 4. The fourth-order valence-electron chi connectivity index (χ4n) is 3.79. The van der Waals surface area contributed by atoms with Gasteiger partial charge in [-0.25, -0.2) is 15.0 Å². The maximum absolute atomic E-state index is 12.8. The molecular weight excluding hydrogens is 314 g/mol. The van der Waals surface area contributed by atoms with Gasteiger partial charge in [0.15, 0.2) is 5.82 Å². The van der Waals surface area contributed by atoms with Gasteiger partial charge >= 0.3 is 0 Å². The lowest BCUT2D eigenvalue weighted by atomic mass is 9.82. The monoisotopic (exact) mass is 339 g/mol. The third-order valence-corrected chi connectivity index (χ3v) is 5.50. The van der Waals surface area contributed by atoms with Gasteiger partial charge in [0.05, 0.1) is 0 Å². The number of hydrogen-bond donors (Lipinski definition) is 0. The number of rotatable bonds is 4. The lowest BCUT2D eigenvalue weighted by Crippen LogP contribution is -2.40. The van der Waals surface area contributed by atoms with Gasteiger partial charge in [0.1, 0.15) is 0 Å². The van der Waals surface area contributed by atoms with E-state index in [1.165, 1.54) is 25.0 Å². The van der Waals surface area contributed by atoms with Crippen molar-refractivity contribution in [2.75, 3.05) is 18.0 Å². The molecule has 1 saturated heterocycles. The Morgan fingerprint density at radius 3 is 2.72 bits per heavy atom. The lowest BCUT2D eigenvalue weighted by Gasteiger charge is -2.33. The number of ketones is 1. The van der Waals surface area contributed by atoms with Crippen molar-refractivity contribution in [2.45, 2.75) is 44.9 Å². The number of hydrogen-bond acceptors (Lipinski definition) is 5. The third kappa shape index (κ3) is 3.17. The van der Waals surface area contributed by atoms with Gasteiger partial charge in [0.2, 0.25) is 11.7 Å². The minimum atomic E-state index is -0.0360. The summed E-state index contributed by atoms with van der Waals surface area (Å²) in [6, 6.07) is 2.12. The van der Waals surface area contributed by atoms with E-state index in [9.17, 15) is 4.79 Å². The van der Waals surface area contributed by atoms with Crippen LogP contribution in [0.4, 0.5) is 5.95 Å². The van der Waals surface area contributed by atoms with Crippen LogP contribution in [0.2, 0.25) is 0 Å². The van der Waals surface area contributed by atoms with E-state index in [-0.39, 0.29) is 11.7 Å². The number of carbonyl (C=O) groups excluding carboxylic acids is 1. The first-order valence-corrected chi connectivity index (χ1v) is 9.24. The molecule has 6 nitrogen and oxygen atoms in total. The highest BCUT2D eigenvalue weighted by atomic mass is 16.1. The van der Waals surface area contributed by atoms with Crippen molar-refractivity contribution in [3.8, 4) is 0 Å². The van der Waals surface area contributed by atoms with Gasteiger partial charge in [-0.1, -0.05) is 6.42 Å². The number of carbonyl (C=O) groups is 1. The van der Waals surface area contributed by atoms with Crippen LogP contribution >= 0.6 is 0 Å². The van der Waals surface area contributed by atoms with Crippen LogP contribution in [-0.2, 0) is 7.05 Å². The minimum Gasteiger partial charge on any atom is -0.340 e. The van der Waals surface area contributed by atoms with Gasteiger partial charge in [0, 0.05) is 55.8 Å². The van der Waals surface area contributed by atoms with Crippen LogP contribution in [0, 0.1) is 12.8 Å². The Bertz CT molecular complexity index is 780. The van der Waals surface area contributed by atoms with Crippen molar-refractivity contribution >= 4 is 11.7 Å². The Hall–Kier alpha value is -2.24. The molecule has 0 radical (unpaired) electrons. The molecule has 2 aromatic rings. The van der Waals surface area contributed by atoms with E-state index in [4.69, 9.17) is 4.98 Å². The highest BCUT2D eigenvalue weighted by molar-refractivity contribution is 5.95. The summed E-state index contributed by atoms with van der Waals surface area (Å²) in [7, 11) is 1.87. The Balaban J connectivity index is 1.54. The van der Waals surface area contributed by atoms with E-state index >= 15 is 0 Å². The Kier molecular flexibility index (Phi) is 4.27. The van der Waals surface area contributed by atoms with Crippen LogP contribution in [-0.4, -0.2) is 38.4 Å². The van der Waals surface area contributed by atoms with Gasteiger partial charge < -0.3 is 9.47 Å². The predicted molar refractivity (Wildman–Crippen MR) is 95.8 cm³/mol. The molecule has 132 valence electrons. The summed E-state index contributed by atoms with van der Waals surface area (Å²) in [6.07, 6.45) is 9.16. The van der Waals surface area contributed by atoms with E-state index in [0.717, 1.165) is 31.0 Å². The SMILES string of the molecule is Cc1cc(C2CCC2)nc(N2CCCC(C(=O)c3nccn3C)C2)n1. The molecule has 0 amide bonds.